The van der Waals surface area contributed by atoms with Crippen molar-refractivity contribution in [1.29, 1.82) is 5.26 Å². The summed E-state index contributed by atoms with van der Waals surface area (Å²) in [5.41, 5.74) is 7.64. The monoisotopic (exact) mass is 425 g/mol. The van der Waals surface area contributed by atoms with Crippen molar-refractivity contribution in [3.05, 3.63) is 70.8 Å². The minimum atomic E-state index is -0.536. The van der Waals surface area contributed by atoms with Crippen LogP contribution in [0.5, 0.6) is 0 Å². The number of hydrogen-bond donors (Lipinski definition) is 2. The quantitative estimate of drug-likeness (QED) is 0.503. The smallest absolute Gasteiger partial charge is 0.150 e. The van der Waals surface area contributed by atoms with E-state index in [1.165, 1.54) is 41.2 Å². The molecule has 1 aromatic carbocycles. The molecule has 0 aliphatic heterocycles. The predicted octanol–water partition coefficient (Wildman–Crippen LogP) is 4.35. The van der Waals surface area contributed by atoms with Crippen LogP contribution in [0.2, 0.25) is 5.02 Å². The van der Waals surface area contributed by atoms with E-state index in [4.69, 9.17) is 17.3 Å². The Morgan fingerprint density at radius 3 is 2.73 bits per heavy atom. The molecule has 0 amide bonds. The van der Waals surface area contributed by atoms with Crippen LogP contribution in [-0.4, -0.2) is 19.4 Å². The molecule has 0 saturated heterocycles. The van der Waals surface area contributed by atoms with Crippen LogP contribution in [0, 0.1) is 23.0 Å². The molecule has 7 nitrogen and oxygen atoms in total. The zero-order valence-electron chi connectivity index (χ0n) is 15.6. The standard InChI is InChI=1S/C20H14ClF2N7/c1-10(28-20-15(7-24)19(25)26-9-27-20)17-18(11-4-12(21)6-14(23)5-11)30-8-13(22)2-3-16(30)29-17/h2-6,8-10H,1H3,(H3,25,26,27,28). The normalized spacial score (nSPS) is 12.0. The average Bonchev–Trinajstić information content (AvgIpc) is 3.06. The Morgan fingerprint density at radius 1 is 1.20 bits per heavy atom. The molecule has 0 fully saturated rings. The van der Waals surface area contributed by atoms with E-state index in [1.54, 1.807) is 13.0 Å². The molecule has 0 radical (unpaired) electrons. The fraction of sp³-hybridized carbons (Fsp3) is 0.100. The van der Waals surface area contributed by atoms with E-state index >= 15 is 0 Å². The van der Waals surface area contributed by atoms with E-state index in [-0.39, 0.29) is 22.2 Å². The van der Waals surface area contributed by atoms with Crippen molar-refractivity contribution >= 4 is 28.9 Å². The van der Waals surface area contributed by atoms with Crippen molar-refractivity contribution in [1.82, 2.24) is 19.4 Å². The fourth-order valence-electron chi connectivity index (χ4n) is 3.21. The molecule has 150 valence electrons. The highest BCUT2D eigenvalue weighted by atomic mass is 35.5. The highest BCUT2D eigenvalue weighted by molar-refractivity contribution is 6.30. The molecule has 1 atom stereocenters. The van der Waals surface area contributed by atoms with E-state index < -0.39 is 17.7 Å². The molecule has 4 rings (SSSR count). The van der Waals surface area contributed by atoms with E-state index in [1.807, 2.05) is 6.07 Å². The summed E-state index contributed by atoms with van der Waals surface area (Å²) in [5, 5.41) is 12.6. The van der Waals surface area contributed by atoms with E-state index in [0.717, 1.165) is 0 Å². The molecule has 10 heteroatoms. The third-order valence-corrected chi connectivity index (χ3v) is 4.72. The predicted molar refractivity (Wildman–Crippen MR) is 109 cm³/mol. The van der Waals surface area contributed by atoms with Gasteiger partial charge in [0.05, 0.1) is 17.4 Å². The largest absolute Gasteiger partial charge is 0.382 e. The lowest BCUT2D eigenvalue weighted by Crippen LogP contribution is -2.12. The van der Waals surface area contributed by atoms with Crippen molar-refractivity contribution in [2.45, 2.75) is 13.0 Å². The summed E-state index contributed by atoms with van der Waals surface area (Å²) >= 11 is 6.04. The van der Waals surface area contributed by atoms with Gasteiger partial charge in [-0.3, -0.25) is 4.40 Å². The number of hydrogen-bond acceptors (Lipinski definition) is 6. The maximum atomic E-state index is 14.1. The number of nitrogens with zero attached hydrogens (tertiary/aromatic N) is 5. The van der Waals surface area contributed by atoms with Gasteiger partial charge in [-0.25, -0.2) is 23.7 Å². The Morgan fingerprint density at radius 2 is 2.00 bits per heavy atom. The number of anilines is 2. The van der Waals surface area contributed by atoms with Gasteiger partial charge in [0, 0.05) is 16.8 Å². The van der Waals surface area contributed by atoms with Crippen molar-refractivity contribution < 1.29 is 8.78 Å². The van der Waals surface area contributed by atoms with Crippen molar-refractivity contribution in [2.24, 2.45) is 0 Å². The Bertz CT molecular complexity index is 1290. The molecule has 0 aliphatic carbocycles. The fourth-order valence-corrected chi connectivity index (χ4v) is 3.43. The second-order valence-corrected chi connectivity index (χ2v) is 6.98. The van der Waals surface area contributed by atoms with Crippen molar-refractivity contribution in [3.63, 3.8) is 0 Å². The number of nitrogens with one attached hydrogen (secondary N) is 1. The first-order valence-corrected chi connectivity index (χ1v) is 9.16. The number of imidazole rings is 1. The molecule has 30 heavy (non-hydrogen) atoms. The van der Waals surface area contributed by atoms with Gasteiger partial charge in [-0.15, -0.1) is 0 Å². The van der Waals surface area contributed by atoms with E-state index in [2.05, 4.69) is 20.3 Å². The van der Waals surface area contributed by atoms with Crippen LogP contribution in [0.1, 0.15) is 24.2 Å². The number of fused-ring (bicyclic) bond motifs is 1. The molecule has 0 bridgehead atoms. The number of aromatic nitrogens is 4. The number of nitriles is 1. The maximum Gasteiger partial charge on any atom is 0.150 e. The summed E-state index contributed by atoms with van der Waals surface area (Å²) in [4.78, 5) is 12.5. The van der Waals surface area contributed by atoms with Gasteiger partial charge < -0.3 is 11.1 Å². The van der Waals surface area contributed by atoms with Crippen LogP contribution in [0.25, 0.3) is 16.9 Å². The number of halogens is 3. The average molecular weight is 426 g/mol. The number of pyridine rings is 1. The molecule has 0 aliphatic rings. The van der Waals surface area contributed by atoms with Crippen molar-refractivity contribution in [3.8, 4) is 17.3 Å². The summed E-state index contributed by atoms with van der Waals surface area (Å²) in [6.45, 7) is 1.78. The molecule has 3 aromatic heterocycles. The van der Waals surface area contributed by atoms with Crippen LogP contribution >= 0.6 is 11.6 Å². The van der Waals surface area contributed by atoms with E-state index in [0.29, 0.717) is 22.6 Å². The molecule has 0 spiro atoms. The van der Waals surface area contributed by atoms with Crippen molar-refractivity contribution in [2.75, 3.05) is 11.1 Å². The van der Waals surface area contributed by atoms with Crippen LogP contribution in [0.15, 0.2) is 42.9 Å². The topological polar surface area (TPSA) is 105 Å². The Labute approximate surface area is 174 Å². The molecule has 3 N–H and O–H groups in total. The molecule has 0 saturated carbocycles. The number of rotatable bonds is 4. The van der Waals surface area contributed by atoms with Gasteiger partial charge in [0.2, 0.25) is 0 Å². The third kappa shape index (κ3) is 3.49. The first-order valence-electron chi connectivity index (χ1n) is 8.78. The zero-order valence-corrected chi connectivity index (χ0v) is 16.3. The lowest BCUT2D eigenvalue weighted by atomic mass is 10.1. The first-order chi connectivity index (χ1) is 14.4. The lowest BCUT2D eigenvalue weighted by Gasteiger charge is -2.16. The summed E-state index contributed by atoms with van der Waals surface area (Å²) < 4.78 is 29.5. The minimum Gasteiger partial charge on any atom is -0.382 e. The number of benzene rings is 1. The molecule has 3 heterocycles. The number of nitrogen functional groups attached to an aromatic ring is 1. The van der Waals surface area contributed by atoms with Gasteiger partial charge in [-0.2, -0.15) is 5.26 Å². The zero-order chi connectivity index (χ0) is 21.4. The molecular weight excluding hydrogens is 412 g/mol. The summed E-state index contributed by atoms with van der Waals surface area (Å²) in [5.74, 6) is -0.753. The summed E-state index contributed by atoms with van der Waals surface area (Å²) in [7, 11) is 0. The van der Waals surface area contributed by atoms with E-state index in [9.17, 15) is 14.0 Å². The second-order valence-electron chi connectivity index (χ2n) is 6.54. The van der Waals surface area contributed by atoms with Gasteiger partial charge in [0.25, 0.3) is 0 Å². The first kappa shape index (κ1) is 19.5. The maximum absolute atomic E-state index is 14.1. The van der Waals surface area contributed by atoms with Gasteiger partial charge in [-0.1, -0.05) is 11.6 Å². The summed E-state index contributed by atoms with van der Waals surface area (Å²) in [6, 6.07) is 8.29. The molecule has 1 unspecified atom stereocenters. The van der Waals surface area contributed by atoms with Crippen LogP contribution < -0.4 is 11.1 Å². The van der Waals surface area contributed by atoms with Crippen LogP contribution in [0.4, 0.5) is 20.4 Å². The Hall–Kier alpha value is -3.77. The van der Waals surface area contributed by atoms with Gasteiger partial charge >= 0.3 is 0 Å². The summed E-state index contributed by atoms with van der Waals surface area (Å²) in [6.07, 6.45) is 2.49. The Balaban J connectivity index is 1.89. The van der Waals surface area contributed by atoms with Gasteiger partial charge in [0.1, 0.15) is 46.9 Å². The van der Waals surface area contributed by atoms with Gasteiger partial charge in [-0.05, 0) is 37.3 Å². The highest BCUT2D eigenvalue weighted by Gasteiger charge is 2.22. The third-order valence-electron chi connectivity index (χ3n) is 4.50. The van der Waals surface area contributed by atoms with Crippen LogP contribution in [-0.2, 0) is 0 Å². The highest BCUT2D eigenvalue weighted by Crippen LogP contribution is 2.33. The van der Waals surface area contributed by atoms with Gasteiger partial charge in [0.15, 0.2) is 0 Å². The molecular formula is C20H14ClF2N7. The number of nitrogens with two attached hydrogens (primary N) is 1. The molecule has 4 aromatic rings. The SMILES string of the molecule is CC(Nc1ncnc(N)c1C#N)c1nc2ccc(F)cn2c1-c1cc(F)cc(Cl)c1. The minimum absolute atomic E-state index is 0.0383. The Kier molecular flexibility index (Phi) is 4.93. The second kappa shape index (κ2) is 7.57. The lowest BCUT2D eigenvalue weighted by molar-refractivity contribution is 0.619. The van der Waals surface area contributed by atoms with Crippen LogP contribution in [0.3, 0.4) is 0 Å².